The average molecular weight is 266 g/mol. The Hall–Kier alpha value is -2.67. The number of nitro benzene ring substituents is 1. The van der Waals surface area contributed by atoms with Crippen LogP contribution >= 0.6 is 0 Å². The molecule has 2 rings (SSSR count). The molecular weight excluding hydrogens is 252 g/mol. The minimum absolute atomic E-state index is 0.0831. The molecule has 20 heavy (non-hydrogen) atoms. The first kappa shape index (κ1) is 13.8. The molecule has 0 heterocycles. The van der Waals surface area contributed by atoms with E-state index in [0.29, 0.717) is 5.56 Å². The van der Waals surface area contributed by atoms with Crippen LogP contribution in [0.25, 0.3) is 11.1 Å². The van der Waals surface area contributed by atoms with E-state index in [9.17, 15) is 10.1 Å². The predicted molar refractivity (Wildman–Crippen MR) is 77.2 cm³/mol. The van der Waals surface area contributed by atoms with Crippen molar-refractivity contribution in [3.8, 4) is 17.2 Å². The van der Waals surface area contributed by atoms with Crippen molar-refractivity contribution in [2.24, 2.45) is 0 Å². The van der Waals surface area contributed by atoms with Crippen molar-refractivity contribution in [1.29, 1.82) is 5.26 Å². The molecule has 0 atom stereocenters. The van der Waals surface area contributed by atoms with Gasteiger partial charge in [0, 0.05) is 6.07 Å². The summed E-state index contributed by atoms with van der Waals surface area (Å²) in [4.78, 5) is 10.6. The van der Waals surface area contributed by atoms with Crippen LogP contribution in [0.15, 0.2) is 48.5 Å². The van der Waals surface area contributed by atoms with Crippen LogP contribution in [-0.2, 0) is 5.41 Å². The number of hydrogen-bond donors (Lipinski definition) is 0. The molecule has 0 bridgehead atoms. The van der Waals surface area contributed by atoms with E-state index in [1.54, 1.807) is 18.2 Å². The van der Waals surface area contributed by atoms with E-state index >= 15 is 0 Å². The highest BCUT2D eigenvalue weighted by molar-refractivity contribution is 5.73. The van der Waals surface area contributed by atoms with Crippen LogP contribution in [0.3, 0.4) is 0 Å². The number of nitrogens with zero attached hydrogens (tertiary/aromatic N) is 2. The smallest absolute Gasteiger partial charge is 0.258 e. The standard InChI is InChI=1S/C16H14N2O2/c1-16(2,11-17)13-9-7-12(8-10-13)14-5-3-4-6-15(14)18(19)20/h3-10H,1-2H3. The zero-order chi connectivity index (χ0) is 14.8. The summed E-state index contributed by atoms with van der Waals surface area (Å²) in [6.45, 7) is 3.68. The summed E-state index contributed by atoms with van der Waals surface area (Å²) in [6, 6.07) is 16.2. The van der Waals surface area contributed by atoms with Crippen LogP contribution in [0.4, 0.5) is 5.69 Å². The number of hydrogen-bond acceptors (Lipinski definition) is 3. The molecule has 0 radical (unpaired) electrons. The molecule has 0 saturated heterocycles. The maximum absolute atomic E-state index is 11.0. The second kappa shape index (κ2) is 5.14. The molecule has 0 N–H and O–H groups in total. The van der Waals surface area contributed by atoms with Gasteiger partial charge in [-0.25, -0.2) is 0 Å². The van der Waals surface area contributed by atoms with Crippen molar-refractivity contribution >= 4 is 5.69 Å². The van der Waals surface area contributed by atoms with Crippen molar-refractivity contribution in [1.82, 2.24) is 0 Å². The third-order valence-corrected chi connectivity index (χ3v) is 3.30. The second-order valence-corrected chi connectivity index (χ2v) is 5.09. The SMILES string of the molecule is CC(C)(C#N)c1ccc(-c2ccccc2[N+](=O)[O-])cc1. The summed E-state index contributed by atoms with van der Waals surface area (Å²) in [5, 5.41) is 20.1. The lowest BCUT2D eigenvalue weighted by atomic mass is 9.85. The Bertz CT molecular complexity index is 682. The van der Waals surface area contributed by atoms with Crippen molar-refractivity contribution in [3.05, 3.63) is 64.2 Å². The molecule has 0 amide bonds. The summed E-state index contributed by atoms with van der Waals surface area (Å²) < 4.78 is 0. The monoisotopic (exact) mass is 266 g/mol. The van der Waals surface area contributed by atoms with E-state index in [-0.39, 0.29) is 10.6 Å². The lowest BCUT2D eigenvalue weighted by Crippen LogP contribution is -2.13. The molecule has 0 fully saturated rings. The number of rotatable bonds is 3. The molecule has 100 valence electrons. The molecule has 0 aromatic heterocycles. The van der Waals surface area contributed by atoms with Gasteiger partial charge in [0.15, 0.2) is 0 Å². The van der Waals surface area contributed by atoms with Gasteiger partial charge in [-0.2, -0.15) is 5.26 Å². The Balaban J connectivity index is 2.47. The van der Waals surface area contributed by atoms with E-state index < -0.39 is 5.41 Å². The van der Waals surface area contributed by atoms with Crippen LogP contribution in [-0.4, -0.2) is 4.92 Å². The first-order valence-corrected chi connectivity index (χ1v) is 6.21. The first-order valence-electron chi connectivity index (χ1n) is 6.21. The molecular formula is C16H14N2O2. The van der Waals surface area contributed by atoms with Gasteiger partial charge in [-0.05, 0) is 31.0 Å². The number of para-hydroxylation sites is 1. The molecule has 0 aliphatic heterocycles. The quantitative estimate of drug-likeness (QED) is 0.621. The van der Waals surface area contributed by atoms with Gasteiger partial charge in [-0.1, -0.05) is 36.4 Å². The first-order chi connectivity index (χ1) is 9.45. The maximum Gasteiger partial charge on any atom is 0.277 e. The third kappa shape index (κ3) is 2.52. The Kier molecular flexibility index (Phi) is 3.53. The highest BCUT2D eigenvalue weighted by Gasteiger charge is 2.20. The van der Waals surface area contributed by atoms with Crippen LogP contribution in [0, 0.1) is 21.4 Å². The van der Waals surface area contributed by atoms with Crippen molar-refractivity contribution < 1.29 is 4.92 Å². The summed E-state index contributed by atoms with van der Waals surface area (Å²) in [5.74, 6) is 0. The fourth-order valence-electron chi connectivity index (χ4n) is 2.01. The molecule has 2 aromatic carbocycles. The summed E-state index contributed by atoms with van der Waals surface area (Å²) in [6.07, 6.45) is 0. The number of nitro groups is 1. The molecule has 0 aliphatic rings. The number of nitriles is 1. The van der Waals surface area contributed by atoms with Gasteiger partial charge >= 0.3 is 0 Å². The largest absolute Gasteiger partial charge is 0.277 e. The summed E-state index contributed by atoms with van der Waals surface area (Å²) in [7, 11) is 0. The van der Waals surface area contributed by atoms with Gasteiger partial charge < -0.3 is 0 Å². The second-order valence-electron chi connectivity index (χ2n) is 5.09. The molecule has 0 saturated carbocycles. The zero-order valence-electron chi connectivity index (χ0n) is 11.3. The van der Waals surface area contributed by atoms with Gasteiger partial charge in [-0.15, -0.1) is 0 Å². The Morgan fingerprint density at radius 3 is 2.25 bits per heavy atom. The zero-order valence-corrected chi connectivity index (χ0v) is 11.3. The Labute approximate surface area is 117 Å². The average Bonchev–Trinajstić information content (AvgIpc) is 2.47. The third-order valence-electron chi connectivity index (χ3n) is 3.30. The van der Waals surface area contributed by atoms with E-state index in [0.717, 1.165) is 11.1 Å². The topological polar surface area (TPSA) is 66.9 Å². The van der Waals surface area contributed by atoms with Crippen LogP contribution in [0.1, 0.15) is 19.4 Å². The Morgan fingerprint density at radius 1 is 1.10 bits per heavy atom. The van der Waals surface area contributed by atoms with E-state index in [4.69, 9.17) is 5.26 Å². The summed E-state index contributed by atoms with van der Waals surface area (Å²) in [5.41, 5.74) is 1.76. The molecule has 0 aliphatic carbocycles. The molecule has 0 spiro atoms. The minimum Gasteiger partial charge on any atom is -0.258 e. The van der Waals surface area contributed by atoms with E-state index in [1.165, 1.54) is 6.07 Å². The van der Waals surface area contributed by atoms with Crippen LogP contribution in [0.2, 0.25) is 0 Å². The van der Waals surface area contributed by atoms with Gasteiger partial charge in [0.2, 0.25) is 0 Å². The van der Waals surface area contributed by atoms with Crippen molar-refractivity contribution in [3.63, 3.8) is 0 Å². The van der Waals surface area contributed by atoms with Crippen LogP contribution < -0.4 is 0 Å². The lowest BCUT2D eigenvalue weighted by Gasteiger charge is -2.16. The normalized spacial score (nSPS) is 10.8. The molecule has 0 unspecified atom stereocenters. The fourth-order valence-corrected chi connectivity index (χ4v) is 2.01. The summed E-state index contributed by atoms with van der Waals surface area (Å²) >= 11 is 0. The Morgan fingerprint density at radius 2 is 1.70 bits per heavy atom. The predicted octanol–water partition coefficient (Wildman–Crippen LogP) is 4.06. The highest BCUT2D eigenvalue weighted by Crippen LogP contribution is 2.31. The fraction of sp³-hybridized carbons (Fsp3) is 0.188. The van der Waals surface area contributed by atoms with Crippen LogP contribution in [0.5, 0.6) is 0 Å². The van der Waals surface area contributed by atoms with Gasteiger partial charge in [0.05, 0.1) is 22.0 Å². The van der Waals surface area contributed by atoms with Crippen molar-refractivity contribution in [2.45, 2.75) is 19.3 Å². The van der Waals surface area contributed by atoms with E-state index in [1.807, 2.05) is 38.1 Å². The lowest BCUT2D eigenvalue weighted by molar-refractivity contribution is -0.384. The molecule has 2 aromatic rings. The van der Waals surface area contributed by atoms with Gasteiger partial charge in [-0.3, -0.25) is 10.1 Å². The van der Waals surface area contributed by atoms with E-state index in [2.05, 4.69) is 6.07 Å². The molecule has 4 nitrogen and oxygen atoms in total. The molecule has 4 heteroatoms. The number of benzene rings is 2. The van der Waals surface area contributed by atoms with Gasteiger partial charge in [0.1, 0.15) is 0 Å². The van der Waals surface area contributed by atoms with Gasteiger partial charge in [0.25, 0.3) is 5.69 Å². The maximum atomic E-state index is 11.0. The minimum atomic E-state index is -0.568. The van der Waals surface area contributed by atoms with Crippen molar-refractivity contribution in [2.75, 3.05) is 0 Å². The highest BCUT2D eigenvalue weighted by atomic mass is 16.6.